The van der Waals surface area contributed by atoms with Crippen molar-refractivity contribution >= 4 is 21.6 Å². The lowest BCUT2D eigenvalue weighted by Gasteiger charge is -2.31. The number of carbonyl (C=O) groups is 1. The fraction of sp³-hybridized carbons (Fsp3) is 0.500. The van der Waals surface area contributed by atoms with Crippen molar-refractivity contribution in [2.24, 2.45) is 0 Å². The maximum absolute atomic E-state index is 12.7. The average Bonchev–Trinajstić information content (AvgIpc) is 2.62. The van der Waals surface area contributed by atoms with Crippen molar-refractivity contribution in [3.8, 4) is 0 Å². The largest absolute Gasteiger partial charge is 0.368 e. The summed E-state index contributed by atoms with van der Waals surface area (Å²) in [6.45, 7) is 8.11. The molecule has 1 aromatic rings. The van der Waals surface area contributed by atoms with Crippen LogP contribution in [-0.2, 0) is 19.6 Å². The first-order valence-corrected chi connectivity index (χ1v) is 10.1. The topological polar surface area (TPSA) is 78.9 Å². The molecule has 1 amide bonds. The van der Waals surface area contributed by atoms with Gasteiger partial charge in [-0.1, -0.05) is 6.08 Å². The SMILES string of the molecule is C=CCCOC(C)C(=O)Nc1ccc(S(=O)(=O)N2CCN(C)CC2)cc1. The highest BCUT2D eigenvalue weighted by Crippen LogP contribution is 2.20. The second kappa shape index (κ2) is 9.27. The molecular weight excluding hydrogens is 354 g/mol. The van der Waals surface area contributed by atoms with Gasteiger partial charge in [-0.25, -0.2) is 8.42 Å². The fourth-order valence-electron chi connectivity index (χ4n) is 2.54. The van der Waals surface area contributed by atoms with Crippen molar-refractivity contribution in [1.82, 2.24) is 9.21 Å². The fourth-order valence-corrected chi connectivity index (χ4v) is 3.96. The van der Waals surface area contributed by atoms with Crippen LogP contribution in [0.2, 0.25) is 0 Å². The lowest BCUT2D eigenvalue weighted by atomic mass is 10.3. The molecule has 0 bridgehead atoms. The van der Waals surface area contributed by atoms with Crippen molar-refractivity contribution in [2.75, 3.05) is 45.2 Å². The van der Waals surface area contributed by atoms with E-state index in [-0.39, 0.29) is 10.8 Å². The number of likely N-dealkylation sites (N-methyl/N-ethyl adjacent to an activating group) is 1. The quantitative estimate of drug-likeness (QED) is 0.546. The molecule has 0 spiro atoms. The molecule has 26 heavy (non-hydrogen) atoms. The molecule has 2 rings (SSSR count). The van der Waals surface area contributed by atoms with E-state index in [0.717, 1.165) is 13.1 Å². The van der Waals surface area contributed by atoms with Gasteiger partial charge in [-0.2, -0.15) is 4.31 Å². The monoisotopic (exact) mass is 381 g/mol. The van der Waals surface area contributed by atoms with Crippen LogP contribution in [0.5, 0.6) is 0 Å². The van der Waals surface area contributed by atoms with Crippen LogP contribution in [0.4, 0.5) is 5.69 Å². The molecule has 7 nitrogen and oxygen atoms in total. The van der Waals surface area contributed by atoms with E-state index in [4.69, 9.17) is 4.74 Å². The number of sulfonamides is 1. The normalized spacial score (nSPS) is 17.6. The highest BCUT2D eigenvalue weighted by molar-refractivity contribution is 7.89. The van der Waals surface area contributed by atoms with Crippen LogP contribution in [0.25, 0.3) is 0 Å². The molecule has 1 aliphatic heterocycles. The summed E-state index contributed by atoms with van der Waals surface area (Å²) in [7, 11) is -1.53. The van der Waals surface area contributed by atoms with Gasteiger partial charge in [0, 0.05) is 31.9 Å². The van der Waals surface area contributed by atoms with Crippen molar-refractivity contribution in [1.29, 1.82) is 0 Å². The number of piperazine rings is 1. The standard InChI is InChI=1S/C18H27N3O4S/c1-4-5-14-25-15(2)18(22)19-16-6-8-17(9-7-16)26(23,24)21-12-10-20(3)11-13-21/h4,6-9,15H,1,5,10-14H2,2-3H3,(H,19,22). The van der Waals surface area contributed by atoms with Crippen molar-refractivity contribution < 1.29 is 17.9 Å². The van der Waals surface area contributed by atoms with Crippen LogP contribution in [0.1, 0.15) is 13.3 Å². The Balaban J connectivity index is 1.97. The molecule has 1 N–H and O–H groups in total. The van der Waals surface area contributed by atoms with E-state index in [1.807, 2.05) is 7.05 Å². The molecule has 1 atom stereocenters. The van der Waals surface area contributed by atoms with Gasteiger partial charge in [-0.3, -0.25) is 4.79 Å². The summed E-state index contributed by atoms with van der Waals surface area (Å²) in [6, 6.07) is 6.23. The van der Waals surface area contributed by atoms with Crippen LogP contribution >= 0.6 is 0 Å². The molecule has 1 fully saturated rings. The van der Waals surface area contributed by atoms with Crippen molar-refractivity contribution in [3.63, 3.8) is 0 Å². The number of ether oxygens (including phenoxy) is 1. The number of anilines is 1. The minimum atomic E-state index is -3.50. The van der Waals surface area contributed by atoms with Gasteiger partial charge in [0.05, 0.1) is 11.5 Å². The van der Waals surface area contributed by atoms with Crippen LogP contribution in [0.15, 0.2) is 41.8 Å². The number of carbonyl (C=O) groups excluding carboxylic acids is 1. The number of benzene rings is 1. The third-order valence-corrected chi connectivity index (χ3v) is 6.19. The average molecular weight is 381 g/mol. The number of hydrogen-bond donors (Lipinski definition) is 1. The lowest BCUT2D eigenvalue weighted by Crippen LogP contribution is -2.46. The maximum atomic E-state index is 12.7. The maximum Gasteiger partial charge on any atom is 0.253 e. The molecule has 1 saturated heterocycles. The van der Waals surface area contributed by atoms with Gasteiger partial charge in [-0.05, 0) is 44.7 Å². The van der Waals surface area contributed by atoms with Gasteiger partial charge in [0.2, 0.25) is 10.0 Å². The Labute approximate surface area is 155 Å². The molecule has 1 aliphatic rings. The zero-order chi connectivity index (χ0) is 19.2. The number of amides is 1. The highest BCUT2D eigenvalue weighted by Gasteiger charge is 2.27. The summed E-state index contributed by atoms with van der Waals surface area (Å²) in [5, 5.41) is 2.73. The van der Waals surface area contributed by atoms with Gasteiger partial charge >= 0.3 is 0 Å². The zero-order valence-corrected chi connectivity index (χ0v) is 16.2. The molecule has 144 valence electrons. The summed E-state index contributed by atoms with van der Waals surface area (Å²) in [4.78, 5) is 14.4. The molecule has 1 heterocycles. The zero-order valence-electron chi connectivity index (χ0n) is 15.3. The first kappa shape index (κ1) is 20.6. The summed E-state index contributed by atoms with van der Waals surface area (Å²) in [6.07, 6.45) is 1.81. The second-order valence-corrected chi connectivity index (χ2v) is 8.25. The smallest absolute Gasteiger partial charge is 0.253 e. The van der Waals surface area contributed by atoms with Crippen molar-refractivity contribution in [2.45, 2.75) is 24.3 Å². The number of nitrogens with one attached hydrogen (secondary N) is 1. The minimum absolute atomic E-state index is 0.232. The lowest BCUT2D eigenvalue weighted by molar-refractivity contribution is -0.126. The molecule has 0 aromatic heterocycles. The molecule has 0 saturated carbocycles. The third-order valence-electron chi connectivity index (χ3n) is 4.28. The van der Waals surface area contributed by atoms with Crippen LogP contribution in [0.3, 0.4) is 0 Å². The summed E-state index contributed by atoms with van der Waals surface area (Å²) in [5.41, 5.74) is 0.534. The highest BCUT2D eigenvalue weighted by atomic mass is 32.2. The van der Waals surface area contributed by atoms with E-state index >= 15 is 0 Å². The molecule has 0 aliphatic carbocycles. The second-order valence-electron chi connectivity index (χ2n) is 6.31. The Hall–Kier alpha value is -1.74. The Morgan fingerprint density at radius 2 is 1.88 bits per heavy atom. The van der Waals surface area contributed by atoms with E-state index < -0.39 is 16.1 Å². The Bertz CT molecular complexity index is 710. The van der Waals surface area contributed by atoms with Crippen LogP contribution in [0, 0.1) is 0 Å². The van der Waals surface area contributed by atoms with E-state index in [1.54, 1.807) is 25.1 Å². The third kappa shape index (κ3) is 5.38. The van der Waals surface area contributed by atoms with E-state index in [2.05, 4.69) is 16.8 Å². The van der Waals surface area contributed by atoms with Crippen LogP contribution in [-0.4, -0.2) is 69.5 Å². The van der Waals surface area contributed by atoms with Gasteiger partial charge in [-0.15, -0.1) is 6.58 Å². The van der Waals surface area contributed by atoms with Crippen LogP contribution < -0.4 is 5.32 Å². The number of rotatable bonds is 8. The van der Waals surface area contributed by atoms with Crippen molar-refractivity contribution in [3.05, 3.63) is 36.9 Å². The number of hydrogen-bond acceptors (Lipinski definition) is 5. The predicted molar refractivity (Wildman–Crippen MR) is 102 cm³/mol. The first-order valence-electron chi connectivity index (χ1n) is 8.66. The minimum Gasteiger partial charge on any atom is -0.368 e. The molecule has 8 heteroatoms. The predicted octanol–water partition coefficient (Wildman–Crippen LogP) is 1.54. The summed E-state index contributed by atoms with van der Waals surface area (Å²) < 4.78 is 32.2. The van der Waals surface area contributed by atoms with Gasteiger partial charge in [0.25, 0.3) is 5.91 Å². The molecule has 1 aromatic carbocycles. The van der Waals surface area contributed by atoms with Gasteiger partial charge in [0.15, 0.2) is 0 Å². The van der Waals surface area contributed by atoms with Gasteiger partial charge in [0.1, 0.15) is 6.10 Å². The summed E-state index contributed by atoms with van der Waals surface area (Å²) in [5.74, 6) is -0.274. The molecule has 1 unspecified atom stereocenters. The van der Waals surface area contributed by atoms with E-state index in [1.165, 1.54) is 16.4 Å². The molecule has 0 radical (unpaired) electrons. The van der Waals surface area contributed by atoms with Gasteiger partial charge < -0.3 is 15.0 Å². The first-order chi connectivity index (χ1) is 12.3. The summed E-state index contributed by atoms with van der Waals surface area (Å²) >= 11 is 0. The van der Waals surface area contributed by atoms with E-state index in [9.17, 15) is 13.2 Å². The number of nitrogens with zero attached hydrogens (tertiary/aromatic N) is 2. The Morgan fingerprint density at radius 3 is 2.46 bits per heavy atom. The van der Waals surface area contributed by atoms with E-state index in [0.29, 0.717) is 31.8 Å². The Morgan fingerprint density at radius 1 is 1.27 bits per heavy atom. The Kier molecular flexibility index (Phi) is 7.33. The molecular formula is C18H27N3O4S.